The molecule has 0 spiro atoms. The largest absolute Gasteiger partial charge is 0.508 e. The monoisotopic (exact) mass is 371 g/mol. The van der Waals surface area contributed by atoms with Gasteiger partial charge in [0, 0.05) is 35.5 Å². The average molecular weight is 371 g/mol. The van der Waals surface area contributed by atoms with E-state index in [0.29, 0.717) is 33.9 Å². The zero-order valence-electron chi connectivity index (χ0n) is 14.1. The lowest BCUT2D eigenvalue weighted by Crippen LogP contribution is -2.13. The molecule has 6 nitrogen and oxygen atoms in total. The summed E-state index contributed by atoms with van der Waals surface area (Å²) in [5, 5.41) is 23.9. The first kappa shape index (κ1) is 17.9. The molecule has 8 N–H and O–H groups in total. The molecule has 0 saturated heterocycles. The molecule has 136 valence electrons. The second kappa shape index (κ2) is 7.55. The number of aliphatic hydroxyl groups excluding tert-OH is 1. The number of phenolic OH excluding ortho intramolecular Hbond substituents is 1. The molecule has 0 fully saturated rings. The highest BCUT2D eigenvalue weighted by Crippen LogP contribution is 2.43. The molecule has 0 radical (unpaired) electrons. The first-order valence-electron chi connectivity index (χ1n) is 8.07. The summed E-state index contributed by atoms with van der Waals surface area (Å²) in [5.41, 5.74) is 21.4. The summed E-state index contributed by atoms with van der Waals surface area (Å²) in [6.45, 7) is -0.128. The van der Waals surface area contributed by atoms with Crippen molar-refractivity contribution in [2.45, 2.75) is 12.5 Å². The number of thiophene rings is 1. The third kappa shape index (κ3) is 3.54. The van der Waals surface area contributed by atoms with Crippen LogP contribution in [0.2, 0.25) is 0 Å². The van der Waals surface area contributed by atoms with Crippen molar-refractivity contribution in [1.29, 1.82) is 0 Å². The van der Waals surface area contributed by atoms with E-state index in [2.05, 4.69) is 0 Å². The zero-order chi connectivity index (χ0) is 18.7. The number of hydrogen-bond donors (Lipinski definition) is 5. The summed E-state index contributed by atoms with van der Waals surface area (Å²) in [5.74, 6) is 0.476. The molecule has 1 unspecified atom stereocenters. The van der Waals surface area contributed by atoms with Gasteiger partial charge in [-0.15, -0.1) is 0 Å². The minimum atomic E-state index is -0.635. The van der Waals surface area contributed by atoms with E-state index in [4.69, 9.17) is 21.9 Å². The van der Waals surface area contributed by atoms with Gasteiger partial charge in [-0.25, -0.2) is 0 Å². The number of rotatable bonds is 6. The summed E-state index contributed by atoms with van der Waals surface area (Å²) < 4.78 is 6.05. The molecule has 0 saturated carbocycles. The van der Waals surface area contributed by atoms with E-state index in [1.54, 1.807) is 24.3 Å². The Balaban J connectivity index is 2.09. The number of hydrogen-bond acceptors (Lipinski definition) is 7. The van der Waals surface area contributed by atoms with Gasteiger partial charge in [0.05, 0.1) is 5.69 Å². The van der Waals surface area contributed by atoms with Crippen molar-refractivity contribution in [3.05, 3.63) is 52.7 Å². The van der Waals surface area contributed by atoms with E-state index >= 15 is 0 Å². The molecule has 7 heteroatoms. The highest BCUT2D eigenvalue weighted by molar-refractivity contribution is 7.08. The Kier molecular flexibility index (Phi) is 5.20. The van der Waals surface area contributed by atoms with Gasteiger partial charge in [-0.2, -0.15) is 11.3 Å². The Hall–Kier alpha value is -2.90. The first-order chi connectivity index (χ1) is 12.5. The van der Waals surface area contributed by atoms with Crippen LogP contribution in [0.1, 0.15) is 18.1 Å². The Bertz CT molecular complexity index is 897. The van der Waals surface area contributed by atoms with E-state index in [9.17, 15) is 10.2 Å². The van der Waals surface area contributed by atoms with Crippen LogP contribution in [-0.2, 0) is 0 Å². The molecule has 3 aromatic rings. The third-order valence-corrected chi connectivity index (χ3v) is 4.76. The van der Waals surface area contributed by atoms with Crippen molar-refractivity contribution in [3.8, 4) is 22.6 Å². The Morgan fingerprint density at radius 2 is 1.85 bits per heavy atom. The number of aliphatic hydroxyl groups is 1. The standard InChI is InChI=1S/C19H21N3O3S/c20-12-1-4-16(14(22)9-12)25-17(5-7-23)19-15(24)3-2-13(21)18(19)11-6-8-26-10-11/h1-4,6,8-10,17,23-24H,5,7,20-22H2. The van der Waals surface area contributed by atoms with E-state index in [1.165, 1.54) is 17.4 Å². The average Bonchev–Trinajstić information content (AvgIpc) is 3.12. The number of benzene rings is 2. The molecule has 1 atom stereocenters. The fraction of sp³-hybridized carbons (Fsp3) is 0.158. The van der Waals surface area contributed by atoms with Crippen molar-refractivity contribution in [3.63, 3.8) is 0 Å². The van der Waals surface area contributed by atoms with Crippen molar-refractivity contribution in [2.24, 2.45) is 0 Å². The summed E-state index contributed by atoms with van der Waals surface area (Å²) in [4.78, 5) is 0. The number of nitrogen functional groups attached to an aromatic ring is 3. The topological polar surface area (TPSA) is 128 Å². The maximum absolute atomic E-state index is 10.5. The summed E-state index contributed by atoms with van der Waals surface area (Å²) >= 11 is 1.53. The van der Waals surface area contributed by atoms with E-state index in [1.807, 2.05) is 16.8 Å². The van der Waals surface area contributed by atoms with Crippen LogP contribution in [0.4, 0.5) is 17.1 Å². The fourth-order valence-electron chi connectivity index (χ4n) is 2.89. The Labute approximate surface area is 155 Å². The maximum Gasteiger partial charge on any atom is 0.143 e. The van der Waals surface area contributed by atoms with Crippen molar-refractivity contribution >= 4 is 28.4 Å². The SMILES string of the molecule is Nc1ccc(OC(CCO)c2c(O)ccc(N)c2-c2ccsc2)c(N)c1. The molecular weight excluding hydrogens is 350 g/mol. The van der Waals surface area contributed by atoms with Gasteiger partial charge in [0.2, 0.25) is 0 Å². The van der Waals surface area contributed by atoms with Crippen LogP contribution in [-0.4, -0.2) is 16.8 Å². The van der Waals surface area contributed by atoms with Gasteiger partial charge in [-0.3, -0.25) is 0 Å². The molecule has 1 aromatic heterocycles. The second-order valence-corrected chi connectivity index (χ2v) is 6.67. The molecule has 0 bridgehead atoms. The fourth-order valence-corrected chi connectivity index (χ4v) is 3.53. The van der Waals surface area contributed by atoms with Crippen molar-refractivity contribution < 1.29 is 14.9 Å². The van der Waals surface area contributed by atoms with Gasteiger partial charge in [-0.1, -0.05) is 0 Å². The smallest absolute Gasteiger partial charge is 0.143 e. The predicted octanol–water partition coefficient (Wildman–Crippen LogP) is 3.37. The van der Waals surface area contributed by atoms with Crippen molar-refractivity contribution in [2.75, 3.05) is 23.8 Å². The Morgan fingerprint density at radius 1 is 1.04 bits per heavy atom. The summed E-state index contributed by atoms with van der Waals surface area (Å²) in [6, 6.07) is 10.1. The van der Waals surface area contributed by atoms with Gasteiger partial charge >= 0.3 is 0 Å². The summed E-state index contributed by atoms with van der Waals surface area (Å²) in [6.07, 6.45) is -0.373. The van der Waals surface area contributed by atoms with Crippen molar-refractivity contribution in [1.82, 2.24) is 0 Å². The molecule has 0 aliphatic rings. The molecule has 3 rings (SSSR count). The number of ether oxygens (including phenoxy) is 1. The molecule has 0 amide bonds. The van der Waals surface area contributed by atoms with E-state index in [-0.39, 0.29) is 18.8 Å². The van der Waals surface area contributed by atoms with Crippen LogP contribution in [0, 0.1) is 0 Å². The number of anilines is 3. The zero-order valence-corrected chi connectivity index (χ0v) is 14.9. The predicted molar refractivity (Wildman–Crippen MR) is 106 cm³/mol. The van der Waals surface area contributed by atoms with Crippen LogP contribution in [0.25, 0.3) is 11.1 Å². The maximum atomic E-state index is 10.5. The number of aromatic hydroxyl groups is 1. The van der Waals surface area contributed by atoms with Gasteiger partial charge in [0.15, 0.2) is 0 Å². The minimum Gasteiger partial charge on any atom is -0.508 e. The second-order valence-electron chi connectivity index (χ2n) is 5.89. The minimum absolute atomic E-state index is 0.0490. The van der Waals surface area contributed by atoms with Crippen LogP contribution in [0.5, 0.6) is 11.5 Å². The van der Waals surface area contributed by atoms with Gasteiger partial charge in [0.25, 0.3) is 0 Å². The molecule has 2 aromatic carbocycles. The lowest BCUT2D eigenvalue weighted by molar-refractivity contribution is 0.154. The van der Waals surface area contributed by atoms with Gasteiger partial charge in [-0.05, 0) is 52.7 Å². The van der Waals surface area contributed by atoms with Crippen LogP contribution in [0.15, 0.2) is 47.2 Å². The number of phenols is 1. The van der Waals surface area contributed by atoms with Crippen LogP contribution in [0.3, 0.4) is 0 Å². The molecule has 1 heterocycles. The summed E-state index contributed by atoms with van der Waals surface area (Å²) in [7, 11) is 0. The molecule has 0 aliphatic heterocycles. The number of nitrogens with two attached hydrogens (primary N) is 3. The third-order valence-electron chi connectivity index (χ3n) is 4.08. The first-order valence-corrected chi connectivity index (χ1v) is 9.02. The van der Waals surface area contributed by atoms with Gasteiger partial charge in [0.1, 0.15) is 17.6 Å². The van der Waals surface area contributed by atoms with E-state index in [0.717, 1.165) is 5.56 Å². The van der Waals surface area contributed by atoms with Gasteiger partial charge < -0.3 is 32.2 Å². The lowest BCUT2D eigenvalue weighted by atomic mass is 9.93. The molecule has 26 heavy (non-hydrogen) atoms. The highest BCUT2D eigenvalue weighted by Gasteiger charge is 2.24. The van der Waals surface area contributed by atoms with E-state index < -0.39 is 6.10 Å². The quantitative estimate of drug-likeness (QED) is 0.334. The van der Waals surface area contributed by atoms with Crippen LogP contribution < -0.4 is 21.9 Å². The molecular formula is C19H21N3O3S. The highest BCUT2D eigenvalue weighted by atomic mass is 32.1. The Morgan fingerprint density at radius 3 is 2.50 bits per heavy atom. The molecule has 0 aliphatic carbocycles. The van der Waals surface area contributed by atoms with Crippen LogP contribution >= 0.6 is 11.3 Å². The normalized spacial score (nSPS) is 12.0. The lowest BCUT2D eigenvalue weighted by Gasteiger charge is -2.24.